The Morgan fingerprint density at radius 1 is 0.913 bits per heavy atom. The molecule has 0 aliphatic carbocycles. The van der Waals surface area contributed by atoms with E-state index in [1.54, 1.807) is 4.98 Å². The second kappa shape index (κ2) is 23.0. The van der Waals surface area contributed by atoms with Gasteiger partial charge in [0.1, 0.15) is 19.7 Å². The summed E-state index contributed by atoms with van der Waals surface area (Å²) in [7, 11) is 0.456. The van der Waals surface area contributed by atoms with Crippen LogP contribution in [0, 0.1) is 5.82 Å². The third kappa shape index (κ3) is 21.4. The number of aromatic amines is 1. The second-order valence-electron chi connectivity index (χ2n) is 12.6. The molecule has 0 amide bonds. The fourth-order valence-electron chi connectivity index (χ4n) is 4.48. The van der Waals surface area contributed by atoms with Gasteiger partial charge in [-0.1, -0.05) is 96.8 Å². The Bertz CT molecular complexity index is 1180. The summed E-state index contributed by atoms with van der Waals surface area (Å²) in [4.78, 5) is 61.9. The van der Waals surface area contributed by atoms with Crippen LogP contribution in [0.2, 0.25) is 0 Å². The van der Waals surface area contributed by atoms with Crippen molar-refractivity contribution in [2.24, 2.45) is 0 Å². The lowest BCUT2D eigenvalue weighted by Gasteiger charge is -2.29. The van der Waals surface area contributed by atoms with Gasteiger partial charge in [-0.15, -0.1) is 0 Å². The summed E-state index contributed by atoms with van der Waals surface area (Å²) in [5, 5.41) is 0. The van der Waals surface area contributed by atoms with E-state index in [1.165, 1.54) is 64.2 Å². The van der Waals surface area contributed by atoms with Crippen molar-refractivity contribution < 1.29 is 46.4 Å². The number of phosphoric ester groups is 1. The van der Waals surface area contributed by atoms with Crippen molar-refractivity contribution in [1.29, 1.82) is 0 Å². The maximum absolute atomic E-state index is 13.6. The van der Waals surface area contributed by atoms with Crippen LogP contribution < -0.4 is 16.1 Å². The molecule has 1 aromatic heterocycles. The van der Waals surface area contributed by atoms with Crippen LogP contribution in [-0.2, 0) is 39.2 Å². The van der Waals surface area contributed by atoms with Crippen molar-refractivity contribution >= 4 is 19.8 Å². The first-order valence-electron chi connectivity index (χ1n) is 16.5. The highest BCUT2D eigenvalue weighted by atomic mass is 31.2. The molecule has 0 fully saturated rings. The van der Waals surface area contributed by atoms with Crippen molar-refractivity contribution in [1.82, 2.24) is 9.55 Å². The normalized spacial score (nSPS) is 13.7. The van der Waals surface area contributed by atoms with Gasteiger partial charge in [0.05, 0.1) is 27.3 Å². The number of unbranched alkanes of at least 4 members (excludes halogenated alkanes) is 14. The summed E-state index contributed by atoms with van der Waals surface area (Å²) in [6.07, 6.45) is 16.4. The van der Waals surface area contributed by atoms with Crippen LogP contribution in [0.5, 0.6) is 0 Å². The largest absolute Gasteiger partial charge is 0.756 e. The molecule has 0 aromatic carbocycles. The molecule has 1 rings (SSSR count). The van der Waals surface area contributed by atoms with Gasteiger partial charge in [-0.05, 0) is 6.42 Å². The van der Waals surface area contributed by atoms with Crippen LogP contribution in [0.4, 0.5) is 4.39 Å². The second-order valence-corrected chi connectivity index (χ2v) is 13.9. The van der Waals surface area contributed by atoms with Crippen molar-refractivity contribution in [2.45, 2.75) is 122 Å². The Kier molecular flexibility index (Phi) is 20.8. The molecule has 13 nitrogen and oxygen atoms in total. The molecular weight excluding hydrogens is 624 g/mol. The molecule has 2 atom stereocenters. The fraction of sp³-hybridized carbons (Fsp3) is 0.806. The Morgan fingerprint density at radius 2 is 1.43 bits per heavy atom. The topological polar surface area (TPSA) is 166 Å². The molecule has 46 heavy (non-hydrogen) atoms. The number of nitrogens with one attached hydrogen (secondary N) is 1. The highest BCUT2D eigenvalue weighted by Gasteiger charge is 2.25. The third-order valence-corrected chi connectivity index (χ3v) is 8.14. The molecule has 0 saturated carbocycles. The van der Waals surface area contributed by atoms with Crippen molar-refractivity contribution in [3.05, 3.63) is 32.9 Å². The monoisotopic (exact) mass is 679 g/mol. The molecule has 1 heterocycles. The number of H-pyrrole nitrogens is 1. The van der Waals surface area contributed by atoms with E-state index in [0.29, 0.717) is 28.2 Å². The molecule has 15 heteroatoms. The number of carbonyl (C=O) groups is 2. The number of ether oxygens (including phenoxy) is 2. The number of carbonyl (C=O) groups excluding carboxylic acids is 2. The minimum absolute atomic E-state index is 0.0833. The predicted molar refractivity (Wildman–Crippen MR) is 169 cm³/mol. The SMILES string of the molecule is CCCCCCCCCCCCCCCCCC(=O)OCC(OC(=O)Cn1cc(F)c(=O)[nH]c1=O)OP(=O)([O-])OCC[N+](C)(C)C. The highest BCUT2D eigenvalue weighted by Crippen LogP contribution is 2.40. The van der Waals surface area contributed by atoms with Crippen LogP contribution in [0.1, 0.15) is 110 Å². The van der Waals surface area contributed by atoms with Crippen molar-refractivity contribution in [2.75, 3.05) is 40.9 Å². The first-order chi connectivity index (χ1) is 21.7. The third-order valence-electron chi connectivity index (χ3n) is 7.15. The van der Waals surface area contributed by atoms with Crippen molar-refractivity contribution in [3.63, 3.8) is 0 Å². The molecule has 266 valence electrons. The number of quaternary nitrogens is 1. The summed E-state index contributed by atoms with van der Waals surface area (Å²) in [5.41, 5.74) is -2.36. The minimum Gasteiger partial charge on any atom is -0.756 e. The zero-order valence-corrected chi connectivity index (χ0v) is 29.0. The van der Waals surface area contributed by atoms with Gasteiger partial charge < -0.3 is 23.4 Å². The van der Waals surface area contributed by atoms with Crippen molar-refractivity contribution in [3.8, 4) is 0 Å². The lowest BCUT2D eigenvalue weighted by atomic mass is 10.0. The van der Waals surface area contributed by atoms with Crippen LogP contribution in [0.3, 0.4) is 0 Å². The van der Waals surface area contributed by atoms with E-state index >= 15 is 0 Å². The standard InChI is InChI=1S/C31H55FN3O10P/c1-5-6-7-8-9-10-11-12-13-14-15-16-17-18-19-20-27(36)42-25-29(45-46(40,41)43-22-21-35(2,3)4)44-28(37)24-34-23-26(32)30(38)33-31(34)39/h23,29H,5-22,24-25H2,1-4H3,(H-,33,38,39,40,41). The van der Waals surface area contributed by atoms with Crippen LogP contribution >= 0.6 is 7.82 Å². The van der Waals surface area contributed by atoms with Gasteiger partial charge >= 0.3 is 17.6 Å². The number of likely N-dealkylation sites (N-methyl/N-ethyl adjacent to an activating group) is 1. The number of aromatic nitrogens is 2. The van der Waals surface area contributed by atoms with Gasteiger partial charge in [-0.3, -0.25) is 33.0 Å². The highest BCUT2D eigenvalue weighted by molar-refractivity contribution is 7.45. The Labute approximate surface area is 272 Å². The summed E-state index contributed by atoms with van der Waals surface area (Å²) < 4.78 is 46.6. The first kappa shape index (κ1) is 41.6. The van der Waals surface area contributed by atoms with Gasteiger partial charge in [0.25, 0.3) is 13.4 Å². The average Bonchev–Trinajstić information content (AvgIpc) is 2.95. The molecule has 1 aromatic rings. The lowest BCUT2D eigenvalue weighted by molar-refractivity contribution is -0.870. The molecule has 0 spiro atoms. The van der Waals surface area contributed by atoms with E-state index in [0.717, 1.165) is 25.7 Å². The summed E-state index contributed by atoms with van der Waals surface area (Å²) in [6.45, 7) is 0.675. The first-order valence-corrected chi connectivity index (χ1v) is 18.0. The fourth-order valence-corrected chi connectivity index (χ4v) is 5.24. The summed E-state index contributed by atoms with van der Waals surface area (Å²) >= 11 is 0. The van der Waals surface area contributed by atoms with E-state index in [9.17, 15) is 33.0 Å². The quantitative estimate of drug-likeness (QED) is 0.0458. The summed E-state index contributed by atoms with van der Waals surface area (Å²) in [5.74, 6) is -3.17. The number of hydrogen-bond donors (Lipinski definition) is 1. The molecule has 2 unspecified atom stereocenters. The molecular formula is C31H55FN3O10P. The van der Waals surface area contributed by atoms with Gasteiger partial charge in [0.2, 0.25) is 12.1 Å². The molecule has 0 saturated heterocycles. The molecule has 0 aliphatic heterocycles. The Hall–Kier alpha value is -2.38. The summed E-state index contributed by atoms with van der Waals surface area (Å²) in [6, 6.07) is 0. The van der Waals surface area contributed by atoms with Gasteiger partial charge in [-0.2, -0.15) is 4.39 Å². The van der Waals surface area contributed by atoms with E-state index in [2.05, 4.69) is 6.92 Å². The number of hydrogen-bond acceptors (Lipinski definition) is 10. The minimum atomic E-state index is -5.02. The van der Waals surface area contributed by atoms with Crippen LogP contribution in [0.15, 0.2) is 15.8 Å². The molecule has 0 radical (unpaired) electrons. The molecule has 1 N–H and O–H groups in total. The molecule has 0 aliphatic rings. The van der Waals surface area contributed by atoms with E-state index < -0.39 is 56.3 Å². The smallest absolute Gasteiger partial charge is 0.329 e. The number of phosphoric acid groups is 1. The van der Waals surface area contributed by atoms with Crippen LogP contribution in [-0.4, -0.2) is 73.2 Å². The van der Waals surface area contributed by atoms with Gasteiger partial charge in [0, 0.05) is 6.42 Å². The molecule has 0 bridgehead atoms. The number of halogens is 1. The lowest BCUT2D eigenvalue weighted by Crippen LogP contribution is -2.38. The van der Waals surface area contributed by atoms with Gasteiger partial charge in [0.15, 0.2) is 6.61 Å². The Balaban J connectivity index is 2.44. The number of rotatable bonds is 27. The maximum Gasteiger partial charge on any atom is 0.329 e. The zero-order valence-electron chi connectivity index (χ0n) is 28.1. The average molecular weight is 680 g/mol. The Morgan fingerprint density at radius 3 is 1.96 bits per heavy atom. The van der Waals surface area contributed by atoms with E-state index in [1.807, 2.05) is 21.1 Å². The maximum atomic E-state index is 13.6. The zero-order chi connectivity index (χ0) is 34.4. The van der Waals surface area contributed by atoms with E-state index in [-0.39, 0.29) is 13.0 Å². The predicted octanol–water partition coefficient (Wildman–Crippen LogP) is 4.56. The van der Waals surface area contributed by atoms with Crippen LogP contribution in [0.25, 0.3) is 0 Å². The number of nitrogens with zero attached hydrogens (tertiary/aromatic N) is 2. The van der Waals surface area contributed by atoms with Gasteiger partial charge in [-0.25, -0.2) is 4.79 Å². The number of esters is 2. The van der Waals surface area contributed by atoms with E-state index in [4.69, 9.17) is 18.5 Å².